The molecule has 0 saturated heterocycles. The van der Waals surface area contributed by atoms with E-state index in [0.717, 1.165) is 5.75 Å². The van der Waals surface area contributed by atoms with E-state index >= 15 is 0 Å². The Labute approximate surface area is 113 Å². The highest BCUT2D eigenvalue weighted by Gasteiger charge is 2.05. The summed E-state index contributed by atoms with van der Waals surface area (Å²) >= 11 is 5.76. The van der Waals surface area contributed by atoms with Crippen molar-refractivity contribution >= 4 is 21.4 Å². The molecule has 0 heterocycles. The molecule has 0 spiro atoms. The number of hydrogen-bond acceptors (Lipinski definition) is 4. The molecule has 0 saturated carbocycles. The van der Waals surface area contributed by atoms with E-state index in [-0.39, 0.29) is 5.75 Å². The topological polar surface area (TPSA) is 46.6 Å². The van der Waals surface area contributed by atoms with Gasteiger partial charge in [0, 0.05) is 24.4 Å². The summed E-state index contributed by atoms with van der Waals surface area (Å²) in [6.45, 7) is 1.71. The smallest absolute Gasteiger partial charge is 0.148 e. The molecule has 1 rings (SSSR count). The second-order valence-corrected chi connectivity index (χ2v) is 6.93. The Bertz CT molecular complexity index is 459. The third-order valence-electron chi connectivity index (χ3n) is 2.40. The number of hydrogen-bond donors (Lipinski definition) is 0. The maximum atomic E-state index is 11.0. The molecular weight excluding hydrogens is 274 g/mol. The molecule has 0 aliphatic rings. The van der Waals surface area contributed by atoms with Crippen LogP contribution in [0, 0.1) is 0 Å². The molecule has 0 aliphatic heterocycles. The molecular formula is C12H18ClNO3S. The van der Waals surface area contributed by atoms with Crippen LogP contribution in [0.5, 0.6) is 5.75 Å². The molecule has 18 heavy (non-hydrogen) atoms. The molecule has 0 radical (unpaired) electrons. The van der Waals surface area contributed by atoms with Gasteiger partial charge in [-0.25, -0.2) is 8.42 Å². The zero-order chi connectivity index (χ0) is 13.6. The fraction of sp³-hybridized carbons (Fsp3) is 0.500. The lowest BCUT2D eigenvalue weighted by Gasteiger charge is -2.16. The van der Waals surface area contributed by atoms with E-state index in [1.54, 1.807) is 24.3 Å². The average molecular weight is 292 g/mol. The summed E-state index contributed by atoms with van der Waals surface area (Å²) in [5, 5.41) is 0.674. The van der Waals surface area contributed by atoms with Gasteiger partial charge in [-0.3, -0.25) is 0 Å². The second-order valence-electron chi connectivity index (χ2n) is 4.24. The Hall–Kier alpha value is -0.780. The van der Waals surface area contributed by atoms with E-state index < -0.39 is 9.84 Å². The standard InChI is InChI=1S/C12H18ClNO3S/c1-14(8-10-18(2,15)16)7-9-17-12-5-3-11(13)4-6-12/h3-6H,7-10H2,1-2H3. The van der Waals surface area contributed by atoms with Gasteiger partial charge in [0.2, 0.25) is 0 Å². The fourth-order valence-electron chi connectivity index (χ4n) is 1.28. The van der Waals surface area contributed by atoms with Gasteiger partial charge in [0.05, 0.1) is 5.75 Å². The molecule has 102 valence electrons. The molecule has 0 fully saturated rings. The summed E-state index contributed by atoms with van der Waals surface area (Å²) in [5.41, 5.74) is 0. The van der Waals surface area contributed by atoms with Gasteiger partial charge in [-0.15, -0.1) is 0 Å². The first kappa shape index (κ1) is 15.3. The van der Waals surface area contributed by atoms with E-state index in [9.17, 15) is 8.42 Å². The van der Waals surface area contributed by atoms with Gasteiger partial charge in [-0.2, -0.15) is 0 Å². The maximum absolute atomic E-state index is 11.0. The van der Waals surface area contributed by atoms with Crippen molar-refractivity contribution in [2.45, 2.75) is 0 Å². The summed E-state index contributed by atoms with van der Waals surface area (Å²) < 4.78 is 27.5. The Morgan fingerprint density at radius 3 is 2.39 bits per heavy atom. The number of sulfone groups is 1. The summed E-state index contributed by atoms with van der Waals surface area (Å²) in [4.78, 5) is 1.93. The Kier molecular flexibility index (Phi) is 5.91. The summed E-state index contributed by atoms with van der Waals surface area (Å²) in [5.74, 6) is 0.931. The first-order valence-electron chi connectivity index (χ1n) is 5.61. The highest BCUT2D eigenvalue weighted by Crippen LogP contribution is 2.15. The predicted molar refractivity (Wildman–Crippen MR) is 74.2 cm³/mol. The highest BCUT2D eigenvalue weighted by molar-refractivity contribution is 7.90. The minimum atomic E-state index is -2.90. The molecule has 0 aliphatic carbocycles. The maximum Gasteiger partial charge on any atom is 0.148 e. The molecule has 0 N–H and O–H groups in total. The van der Waals surface area contributed by atoms with Gasteiger partial charge in [0.25, 0.3) is 0 Å². The van der Waals surface area contributed by atoms with Crippen LogP contribution >= 0.6 is 11.6 Å². The first-order chi connectivity index (χ1) is 8.37. The third-order valence-corrected chi connectivity index (χ3v) is 3.58. The van der Waals surface area contributed by atoms with Crippen LogP contribution in [0.3, 0.4) is 0 Å². The van der Waals surface area contributed by atoms with Gasteiger partial charge < -0.3 is 9.64 Å². The van der Waals surface area contributed by atoms with Crippen LogP contribution in [0.2, 0.25) is 5.02 Å². The number of ether oxygens (including phenoxy) is 1. The Morgan fingerprint density at radius 1 is 1.22 bits per heavy atom. The number of benzene rings is 1. The van der Waals surface area contributed by atoms with E-state index in [0.29, 0.717) is 24.7 Å². The Balaban J connectivity index is 2.23. The predicted octanol–water partition coefficient (Wildman–Crippen LogP) is 1.70. The highest BCUT2D eigenvalue weighted by atomic mass is 35.5. The van der Waals surface area contributed by atoms with Crippen molar-refractivity contribution in [3.63, 3.8) is 0 Å². The SMILES string of the molecule is CN(CCOc1ccc(Cl)cc1)CCS(C)(=O)=O. The minimum absolute atomic E-state index is 0.171. The Morgan fingerprint density at radius 2 is 1.83 bits per heavy atom. The minimum Gasteiger partial charge on any atom is -0.492 e. The van der Waals surface area contributed by atoms with Gasteiger partial charge in [0.15, 0.2) is 0 Å². The zero-order valence-corrected chi connectivity index (χ0v) is 12.2. The van der Waals surface area contributed by atoms with Crippen LogP contribution in [0.15, 0.2) is 24.3 Å². The van der Waals surface area contributed by atoms with E-state index in [2.05, 4.69) is 0 Å². The van der Waals surface area contributed by atoms with Crippen LogP contribution in [-0.4, -0.2) is 52.1 Å². The van der Waals surface area contributed by atoms with Gasteiger partial charge in [0.1, 0.15) is 22.2 Å². The molecule has 0 aromatic heterocycles. The van der Waals surface area contributed by atoms with Crippen molar-refractivity contribution in [1.82, 2.24) is 4.90 Å². The second kappa shape index (κ2) is 6.97. The molecule has 0 amide bonds. The number of halogens is 1. The molecule has 1 aromatic carbocycles. The lowest BCUT2D eigenvalue weighted by atomic mass is 10.3. The number of nitrogens with zero attached hydrogens (tertiary/aromatic N) is 1. The molecule has 1 aromatic rings. The van der Waals surface area contributed by atoms with Gasteiger partial charge in [-0.05, 0) is 31.3 Å². The van der Waals surface area contributed by atoms with Crippen LogP contribution < -0.4 is 4.74 Å². The fourth-order valence-corrected chi connectivity index (χ4v) is 2.05. The largest absolute Gasteiger partial charge is 0.492 e. The average Bonchev–Trinajstić information content (AvgIpc) is 2.28. The van der Waals surface area contributed by atoms with E-state index in [1.807, 2.05) is 11.9 Å². The molecule has 6 heteroatoms. The van der Waals surface area contributed by atoms with E-state index in [1.165, 1.54) is 6.26 Å². The monoisotopic (exact) mass is 291 g/mol. The van der Waals surface area contributed by atoms with Crippen molar-refractivity contribution in [3.05, 3.63) is 29.3 Å². The normalized spacial score (nSPS) is 11.8. The van der Waals surface area contributed by atoms with Crippen molar-refractivity contribution in [2.75, 3.05) is 38.8 Å². The molecule has 0 unspecified atom stereocenters. The summed E-state index contributed by atoms with van der Waals surface area (Å²) in [6, 6.07) is 7.15. The summed E-state index contributed by atoms with van der Waals surface area (Å²) in [6.07, 6.45) is 1.24. The number of rotatable bonds is 7. The van der Waals surface area contributed by atoms with Crippen molar-refractivity contribution < 1.29 is 13.2 Å². The molecule has 0 bridgehead atoms. The number of likely N-dealkylation sites (N-methyl/N-ethyl adjacent to an activating group) is 1. The van der Waals surface area contributed by atoms with E-state index in [4.69, 9.17) is 16.3 Å². The first-order valence-corrected chi connectivity index (χ1v) is 8.05. The summed E-state index contributed by atoms with van der Waals surface area (Å²) in [7, 11) is -1.03. The zero-order valence-electron chi connectivity index (χ0n) is 10.6. The van der Waals surface area contributed by atoms with Crippen LogP contribution in [0.4, 0.5) is 0 Å². The molecule has 0 atom stereocenters. The third kappa shape index (κ3) is 6.83. The quantitative estimate of drug-likeness (QED) is 0.767. The van der Waals surface area contributed by atoms with Crippen molar-refractivity contribution in [1.29, 1.82) is 0 Å². The van der Waals surface area contributed by atoms with Crippen LogP contribution in [0.1, 0.15) is 0 Å². The van der Waals surface area contributed by atoms with Crippen LogP contribution in [-0.2, 0) is 9.84 Å². The lowest BCUT2D eigenvalue weighted by molar-refractivity contribution is 0.244. The van der Waals surface area contributed by atoms with Crippen molar-refractivity contribution in [2.24, 2.45) is 0 Å². The van der Waals surface area contributed by atoms with Crippen LogP contribution in [0.25, 0.3) is 0 Å². The van der Waals surface area contributed by atoms with Gasteiger partial charge in [-0.1, -0.05) is 11.6 Å². The molecule has 4 nitrogen and oxygen atoms in total. The van der Waals surface area contributed by atoms with Gasteiger partial charge >= 0.3 is 0 Å². The lowest BCUT2D eigenvalue weighted by Crippen LogP contribution is -2.29. The van der Waals surface area contributed by atoms with Crippen molar-refractivity contribution in [3.8, 4) is 5.75 Å².